The van der Waals surface area contributed by atoms with Gasteiger partial charge in [-0.25, -0.2) is 0 Å². The van der Waals surface area contributed by atoms with Crippen LogP contribution in [0.4, 0.5) is 0 Å². The van der Waals surface area contributed by atoms with Gasteiger partial charge in [-0.1, -0.05) is 91.5 Å². The number of aliphatic hydroxyl groups is 1. The zero-order valence-electron chi connectivity index (χ0n) is 22.6. The van der Waals surface area contributed by atoms with E-state index in [0.717, 1.165) is 33.4 Å². The van der Waals surface area contributed by atoms with Crippen LogP contribution in [0.3, 0.4) is 0 Å². The second-order valence-electron chi connectivity index (χ2n) is 9.62. The van der Waals surface area contributed by atoms with E-state index in [4.69, 9.17) is 14.6 Å². The Bertz CT molecular complexity index is 1380. The fourth-order valence-corrected chi connectivity index (χ4v) is 4.26. The first-order valence-electron chi connectivity index (χ1n) is 13.1. The molecule has 1 amide bonds. The normalized spacial score (nSPS) is 10.6. The average molecular weight is 522 g/mol. The number of benzene rings is 4. The van der Waals surface area contributed by atoms with E-state index < -0.39 is 0 Å². The molecule has 200 valence electrons. The Hall–Kier alpha value is -4.35. The highest BCUT2D eigenvalue weighted by atomic mass is 16.5. The van der Waals surface area contributed by atoms with Crippen molar-refractivity contribution in [1.29, 1.82) is 0 Å². The topological polar surface area (TPSA) is 59.0 Å². The van der Waals surface area contributed by atoms with Gasteiger partial charge < -0.3 is 19.5 Å². The third-order valence-corrected chi connectivity index (χ3v) is 6.44. The summed E-state index contributed by atoms with van der Waals surface area (Å²) in [6.45, 7) is 7.30. The van der Waals surface area contributed by atoms with Gasteiger partial charge in [0.05, 0.1) is 5.56 Å². The summed E-state index contributed by atoms with van der Waals surface area (Å²) >= 11 is 0. The molecular formula is C34H35NO4. The van der Waals surface area contributed by atoms with Crippen LogP contribution < -0.4 is 9.47 Å². The number of ether oxygens (including phenoxy) is 2. The lowest BCUT2D eigenvalue weighted by Gasteiger charge is -2.22. The minimum Gasteiger partial charge on any atom is -0.488 e. The van der Waals surface area contributed by atoms with Gasteiger partial charge in [-0.15, -0.1) is 0 Å². The van der Waals surface area contributed by atoms with Crippen molar-refractivity contribution in [3.05, 3.63) is 137 Å². The van der Waals surface area contributed by atoms with Crippen molar-refractivity contribution >= 4 is 11.5 Å². The molecule has 0 unspecified atom stereocenters. The van der Waals surface area contributed by atoms with Crippen LogP contribution in [-0.2, 0) is 26.2 Å². The molecule has 0 aromatic heterocycles. The predicted molar refractivity (Wildman–Crippen MR) is 156 cm³/mol. The Kier molecular flexibility index (Phi) is 9.54. The Labute approximate surface area is 231 Å². The van der Waals surface area contributed by atoms with Gasteiger partial charge in [0.2, 0.25) is 0 Å². The molecule has 4 rings (SSSR count). The Morgan fingerprint density at radius 3 is 1.77 bits per heavy atom. The third-order valence-electron chi connectivity index (χ3n) is 6.44. The van der Waals surface area contributed by atoms with Crippen LogP contribution in [-0.4, -0.2) is 29.6 Å². The third kappa shape index (κ3) is 7.59. The van der Waals surface area contributed by atoms with Crippen LogP contribution in [0.2, 0.25) is 0 Å². The zero-order chi connectivity index (χ0) is 27.6. The van der Waals surface area contributed by atoms with Crippen LogP contribution in [0.5, 0.6) is 11.5 Å². The smallest absolute Gasteiger partial charge is 0.257 e. The molecule has 0 aliphatic heterocycles. The number of amides is 1. The summed E-state index contributed by atoms with van der Waals surface area (Å²) in [7, 11) is 1.78. The maximum atomic E-state index is 13.8. The van der Waals surface area contributed by atoms with Gasteiger partial charge in [-0.2, -0.15) is 0 Å². The number of rotatable bonds is 12. The fraction of sp³-hybridized carbons (Fsp3) is 0.206. The first-order valence-corrected chi connectivity index (χ1v) is 13.1. The molecule has 4 aromatic rings. The number of aliphatic hydroxyl groups excluding tert-OH is 1. The number of allylic oxidation sites excluding steroid dienone is 1. The molecule has 0 saturated heterocycles. The summed E-state index contributed by atoms with van der Waals surface area (Å²) in [5.74, 6) is 0.921. The van der Waals surface area contributed by atoms with Crippen molar-refractivity contribution in [1.82, 2.24) is 4.90 Å². The Morgan fingerprint density at radius 2 is 1.26 bits per heavy atom. The number of hydrogen-bond acceptors (Lipinski definition) is 4. The largest absolute Gasteiger partial charge is 0.488 e. The predicted octanol–water partition coefficient (Wildman–Crippen LogP) is 6.68. The molecule has 1 N–H and O–H groups in total. The molecule has 0 saturated carbocycles. The first-order chi connectivity index (χ1) is 18.9. The molecule has 5 nitrogen and oxygen atoms in total. The van der Waals surface area contributed by atoms with Crippen molar-refractivity contribution in [2.45, 2.75) is 33.1 Å². The molecule has 0 heterocycles. The molecule has 0 bridgehead atoms. The lowest BCUT2D eigenvalue weighted by atomic mass is 10.0. The van der Waals surface area contributed by atoms with E-state index in [9.17, 15) is 4.79 Å². The minimum atomic E-state index is -0.158. The number of carbonyl (C=O) groups is 1. The summed E-state index contributed by atoms with van der Waals surface area (Å²) in [5, 5.41) is 9.17. The first kappa shape index (κ1) is 27.7. The van der Waals surface area contributed by atoms with Crippen molar-refractivity contribution < 1.29 is 19.4 Å². The van der Waals surface area contributed by atoms with E-state index in [1.807, 2.05) is 97.9 Å². The highest BCUT2D eigenvalue weighted by Gasteiger charge is 2.22. The van der Waals surface area contributed by atoms with Crippen LogP contribution in [0.1, 0.15) is 45.1 Å². The molecule has 0 spiro atoms. The molecule has 0 atom stereocenters. The van der Waals surface area contributed by atoms with Gasteiger partial charge in [0.1, 0.15) is 24.7 Å². The quantitative estimate of drug-likeness (QED) is 0.226. The van der Waals surface area contributed by atoms with Gasteiger partial charge in [0.25, 0.3) is 5.91 Å². The molecule has 0 fully saturated rings. The standard InChI is InChI=1S/C34H35NO4/c1-25(2)30-20-31(34(37)35(3)22-27-16-14-26(15-17-27)18-19-36)33(39-24-29-12-8-5-9-13-29)21-32(30)38-23-28-10-6-4-7-11-28/h4-17,20-21,36H,1,18-19,22-24H2,2-3H3. The van der Waals surface area contributed by atoms with E-state index in [1.165, 1.54) is 0 Å². The second-order valence-corrected chi connectivity index (χ2v) is 9.62. The highest BCUT2D eigenvalue weighted by molar-refractivity contribution is 5.98. The molecule has 4 aromatic carbocycles. The van der Waals surface area contributed by atoms with Crippen molar-refractivity contribution in [2.75, 3.05) is 13.7 Å². The summed E-state index contributed by atoms with van der Waals surface area (Å²) < 4.78 is 12.4. The van der Waals surface area contributed by atoms with Gasteiger partial charge in [-0.3, -0.25) is 4.79 Å². The summed E-state index contributed by atoms with van der Waals surface area (Å²) in [5.41, 5.74) is 6.12. The van der Waals surface area contributed by atoms with Gasteiger partial charge in [0, 0.05) is 31.8 Å². The van der Waals surface area contributed by atoms with Crippen LogP contribution in [0, 0.1) is 0 Å². The van der Waals surface area contributed by atoms with E-state index in [0.29, 0.717) is 43.2 Å². The van der Waals surface area contributed by atoms with Crippen LogP contribution >= 0.6 is 0 Å². The van der Waals surface area contributed by atoms with Crippen molar-refractivity contribution in [2.24, 2.45) is 0 Å². The monoisotopic (exact) mass is 521 g/mol. The van der Waals surface area contributed by atoms with E-state index in [2.05, 4.69) is 6.58 Å². The van der Waals surface area contributed by atoms with Gasteiger partial charge >= 0.3 is 0 Å². The number of carbonyl (C=O) groups excluding carboxylic acids is 1. The minimum absolute atomic E-state index is 0.111. The Morgan fingerprint density at radius 1 is 0.744 bits per heavy atom. The van der Waals surface area contributed by atoms with Crippen molar-refractivity contribution in [3.8, 4) is 11.5 Å². The second kappa shape index (κ2) is 13.4. The number of nitrogens with zero attached hydrogens (tertiary/aromatic N) is 1. The van der Waals surface area contributed by atoms with Gasteiger partial charge in [-0.05, 0) is 47.2 Å². The van der Waals surface area contributed by atoms with E-state index in [1.54, 1.807) is 18.0 Å². The van der Waals surface area contributed by atoms with Crippen LogP contribution in [0.15, 0.2) is 104 Å². The summed E-state index contributed by atoms with van der Waals surface area (Å²) in [6.07, 6.45) is 0.611. The molecule has 0 aliphatic rings. The fourth-order valence-electron chi connectivity index (χ4n) is 4.26. The molecule has 39 heavy (non-hydrogen) atoms. The molecular weight excluding hydrogens is 486 g/mol. The zero-order valence-corrected chi connectivity index (χ0v) is 22.6. The van der Waals surface area contributed by atoms with Crippen molar-refractivity contribution in [3.63, 3.8) is 0 Å². The molecule has 0 aliphatic carbocycles. The van der Waals surface area contributed by atoms with E-state index in [-0.39, 0.29) is 12.5 Å². The lowest BCUT2D eigenvalue weighted by molar-refractivity contribution is 0.0780. The maximum absolute atomic E-state index is 13.8. The Balaban J connectivity index is 1.63. The molecule has 5 heteroatoms. The lowest BCUT2D eigenvalue weighted by Crippen LogP contribution is -2.27. The van der Waals surface area contributed by atoms with Crippen LogP contribution in [0.25, 0.3) is 5.57 Å². The number of hydrogen-bond donors (Lipinski definition) is 1. The van der Waals surface area contributed by atoms with E-state index >= 15 is 0 Å². The SMILES string of the molecule is C=C(C)c1cc(C(=O)N(C)Cc2ccc(CCO)cc2)c(OCc2ccccc2)cc1OCc1ccccc1. The summed E-state index contributed by atoms with van der Waals surface area (Å²) in [6, 6.07) is 31.4. The van der Waals surface area contributed by atoms with Gasteiger partial charge in [0.15, 0.2) is 0 Å². The maximum Gasteiger partial charge on any atom is 0.257 e. The summed E-state index contributed by atoms with van der Waals surface area (Å²) in [4.78, 5) is 15.4. The highest BCUT2D eigenvalue weighted by Crippen LogP contribution is 2.35. The average Bonchev–Trinajstić information content (AvgIpc) is 2.96. The molecule has 0 radical (unpaired) electrons.